The summed E-state index contributed by atoms with van der Waals surface area (Å²) in [4.78, 5) is 28.8. The van der Waals surface area contributed by atoms with Gasteiger partial charge in [0, 0.05) is 24.5 Å². The molecule has 1 N–H and O–H groups in total. The first-order chi connectivity index (χ1) is 16.3. The monoisotopic (exact) mass is 476 g/mol. The predicted octanol–water partition coefficient (Wildman–Crippen LogP) is 5.60. The van der Waals surface area contributed by atoms with Crippen LogP contribution in [-0.2, 0) is 29.0 Å². The Kier molecular flexibility index (Phi) is 9.29. The minimum absolute atomic E-state index is 0.0931. The molecule has 3 aromatic rings. The van der Waals surface area contributed by atoms with Gasteiger partial charge in [-0.15, -0.1) is 0 Å². The average Bonchev–Trinajstić information content (AvgIpc) is 2.82. The largest absolute Gasteiger partial charge is 0.354 e. The van der Waals surface area contributed by atoms with Crippen molar-refractivity contribution < 1.29 is 9.59 Å². The molecular weight excluding hydrogens is 444 g/mol. The Labute approximate surface area is 207 Å². The first-order valence-electron chi connectivity index (χ1n) is 11.7. The number of benzene rings is 3. The van der Waals surface area contributed by atoms with E-state index in [0.29, 0.717) is 30.5 Å². The minimum atomic E-state index is -0.624. The summed E-state index contributed by atoms with van der Waals surface area (Å²) in [6, 6.07) is 24.6. The van der Waals surface area contributed by atoms with Gasteiger partial charge in [-0.25, -0.2) is 0 Å². The molecule has 4 nitrogen and oxygen atoms in total. The lowest BCUT2D eigenvalue weighted by Gasteiger charge is -2.32. The summed E-state index contributed by atoms with van der Waals surface area (Å²) in [5.41, 5.74) is 4.00. The molecule has 178 valence electrons. The smallest absolute Gasteiger partial charge is 0.243 e. The SMILES string of the molecule is Cc1cccc(CN(C(=O)Cc2ccc(Cl)cc2)[C@@H](Cc2ccccc2)C(=O)NCC(C)C)c1. The van der Waals surface area contributed by atoms with Crippen LogP contribution in [0.25, 0.3) is 0 Å². The van der Waals surface area contributed by atoms with Gasteiger partial charge in [0.2, 0.25) is 11.8 Å². The van der Waals surface area contributed by atoms with Gasteiger partial charge in [-0.2, -0.15) is 0 Å². The van der Waals surface area contributed by atoms with E-state index in [1.165, 1.54) is 0 Å². The van der Waals surface area contributed by atoms with Gasteiger partial charge in [0.05, 0.1) is 6.42 Å². The zero-order valence-corrected chi connectivity index (χ0v) is 20.9. The number of aryl methyl sites for hydroxylation is 1. The van der Waals surface area contributed by atoms with Crippen molar-refractivity contribution in [1.29, 1.82) is 0 Å². The van der Waals surface area contributed by atoms with Gasteiger partial charge in [0.15, 0.2) is 0 Å². The number of nitrogens with one attached hydrogen (secondary N) is 1. The third-order valence-electron chi connectivity index (χ3n) is 5.66. The van der Waals surface area contributed by atoms with E-state index in [9.17, 15) is 9.59 Å². The second kappa shape index (κ2) is 12.4. The van der Waals surface area contributed by atoms with Crippen molar-refractivity contribution in [3.8, 4) is 0 Å². The van der Waals surface area contributed by atoms with Gasteiger partial charge >= 0.3 is 0 Å². The molecule has 0 fully saturated rings. The Bertz CT molecular complexity index is 1080. The molecule has 0 aromatic heterocycles. The number of hydrogen-bond acceptors (Lipinski definition) is 2. The maximum absolute atomic E-state index is 13.7. The number of rotatable bonds is 10. The van der Waals surface area contributed by atoms with Crippen molar-refractivity contribution in [2.75, 3.05) is 6.54 Å². The van der Waals surface area contributed by atoms with E-state index in [2.05, 4.69) is 25.2 Å². The summed E-state index contributed by atoms with van der Waals surface area (Å²) in [6.45, 7) is 7.07. The third kappa shape index (κ3) is 7.74. The van der Waals surface area contributed by atoms with Crippen molar-refractivity contribution >= 4 is 23.4 Å². The summed E-state index contributed by atoms with van der Waals surface area (Å²) in [5, 5.41) is 3.68. The van der Waals surface area contributed by atoms with Crippen LogP contribution >= 0.6 is 11.6 Å². The zero-order valence-electron chi connectivity index (χ0n) is 20.1. The number of hydrogen-bond donors (Lipinski definition) is 1. The van der Waals surface area contributed by atoms with Gasteiger partial charge in [0.25, 0.3) is 0 Å². The number of amides is 2. The molecule has 0 radical (unpaired) electrons. The summed E-state index contributed by atoms with van der Waals surface area (Å²) >= 11 is 6.03. The van der Waals surface area contributed by atoms with Crippen molar-refractivity contribution in [2.45, 2.75) is 46.2 Å². The maximum atomic E-state index is 13.7. The fraction of sp³-hybridized carbons (Fsp3) is 0.310. The lowest BCUT2D eigenvalue weighted by molar-refractivity contribution is -0.140. The number of carbonyl (C=O) groups is 2. The molecule has 0 unspecified atom stereocenters. The Morgan fingerprint density at radius 2 is 1.56 bits per heavy atom. The second-order valence-corrected chi connectivity index (χ2v) is 9.59. The van der Waals surface area contributed by atoms with E-state index in [1.807, 2.05) is 67.6 Å². The van der Waals surface area contributed by atoms with Gasteiger partial charge < -0.3 is 10.2 Å². The molecule has 0 heterocycles. The molecule has 0 bridgehead atoms. The molecule has 0 aliphatic carbocycles. The molecule has 0 aliphatic heterocycles. The highest BCUT2D eigenvalue weighted by Crippen LogP contribution is 2.18. The molecule has 34 heavy (non-hydrogen) atoms. The summed E-state index contributed by atoms with van der Waals surface area (Å²) < 4.78 is 0. The Morgan fingerprint density at radius 1 is 0.882 bits per heavy atom. The Morgan fingerprint density at radius 3 is 2.21 bits per heavy atom. The first-order valence-corrected chi connectivity index (χ1v) is 12.1. The van der Waals surface area contributed by atoms with Gasteiger partial charge in [-0.3, -0.25) is 9.59 Å². The lowest BCUT2D eigenvalue weighted by Crippen LogP contribution is -2.51. The summed E-state index contributed by atoms with van der Waals surface area (Å²) in [6.07, 6.45) is 0.647. The van der Waals surface area contributed by atoms with E-state index in [1.54, 1.807) is 17.0 Å². The third-order valence-corrected chi connectivity index (χ3v) is 5.91. The fourth-order valence-corrected chi connectivity index (χ4v) is 3.99. The van der Waals surface area contributed by atoms with E-state index < -0.39 is 6.04 Å². The van der Waals surface area contributed by atoms with Crippen LogP contribution in [0, 0.1) is 12.8 Å². The van der Waals surface area contributed by atoms with Gasteiger partial charge in [-0.1, -0.05) is 97.7 Å². The molecule has 3 aromatic carbocycles. The average molecular weight is 477 g/mol. The number of nitrogens with zero attached hydrogens (tertiary/aromatic N) is 1. The van der Waals surface area contributed by atoms with Crippen LogP contribution in [0.15, 0.2) is 78.9 Å². The highest BCUT2D eigenvalue weighted by Gasteiger charge is 2.30. The van der Waals surface area contributed by atoms with Crippen molar-refractivity contribution in [3.05, 3.63) is 106 Å². The highest BCUT2D eigenvalue weighted by atomic mass is 35.5. The quantitative estimate of drug-likeness (QED) is 0.414. The molecule has 0 spiro atoms. The van der Waals surface area contributed by atoms with Crippen molar-refractivity contribution in [1.82, 2.24) is 10.2 Å². The first kappa shape index (κ1) is 25.5. The summed E-state index contributed by atoms with van der Waals surface area (Å²) in [5.74, 6) is 0.0930. The molecule has 0 aliphatic rings. The van der Waals surface area contributed by atoms with Crippen LogP contribution in [0.4, 0.5) is 0 Å². The molecule has 2 amide bonds. The normalized spacial score (nSPS) is 11.8. The number of halogens is 1. The molecule has 5 heteroatoms. The minimum Gasteiger partial charge on any atom is -0.354 e. The topological polar surface area (TPSA) is 49.4 Å². The second-order valence-electron chi connectivity index (χ2n) is 9.16. The van der Waals surface area contributed by atoms with Crippen molar-refractivity contribution in [2.24, 2.45) is 5.92 Å². The zero-order chi connectivity index (χ0) is 24.5. The highest BCUT2D eigenvalue weighted by molar-refractivity contribution is 6.30. The van der Waals surface area contributed by atoms with Gasteiger partial charge in [0.1, 0.15) is 6.04 Å². The molecule has 0 saturated carbocycles. The number of carbonyl (C=O) groups excluding carboxylic acids is 2. The van der Waals surface area contributed by atoms with E-state index >= 15 is 0 Å². The van der Waals surface area contributed by atoms with Crippen LogP contribution in [-0.4, -0.2) is 29.3 Å². The van der Waals surface area contributed by atoms with Crippen LogP contribution in [0.1, 0.15) is 36.1 Å². The predicted molar refractivity (Wildman–Crippen MR) is 139 cm³/mol. The van der Waals surface area contributed by atoms with Crippen LogP contribution < -0.4 is 5.32 Å². The van der Waals surface area contributed by atoms with Gasteiger partial charge in [-0.05, 0) is 41.7 Å². The summed E-state index contributed by atoms with van der Waals surface area (Å²) in [7, 11) is 0. The van der Waals surface area contributed by atoms with Crippen LogP contribution in [0.5, 0.6) is 0 Å². The van der Waals surface area contributed by atoms with E-state index in [-0.39, 0.29) is 18.2 Å². The fourth-order valence-electron chi connectivity index (χ4n) is 3.86. The van der Waals surface area contributed by atoms with Crippen LogP contribution in [0.2, 0.25) is 5.02 Å². The maximum Gasteiger partial charge on any atom is 0.243 e. The Balaban J connectivity index is 1.94. The molecule has 0 saturated heterocycles. The lowest BCUT2D eigenvalue weighted by atomic mass is 10.0. The Hall–Kier alpha value is -3.11. The molecule has 1 atom stereocenters. The van der Waals surface area contributed by atoms with E-state index in [0.717, 1.165) is 22.3 Å². The van der Waals surface area contributed by atoms with Crippen LogP contribution in [0.3, 0.4) is 0 Å². The molecular formula is C29H33ClN2O2. The van der Waals surface area contributed by atoms with Crippen molar-refractivity contribution in [3.63, 3.8) is 0 Å². The van der Waals surface area contributed by atoms with E-state index in [4.69, 9.17) is 11.6 Å². The molecule has 3 rings (SSSR count). The standard InChI is InChI=1S/C29H33ClN2O2/c1-21(2)19-31-29(34)27(17-23-9-5-4-6-10-23)32(20-25-11-7-8-22(3)16-25)28(33)18-24-12-14-26(30)15-13-24/h4-16,21,27H,17-20H2,1-3H3,(H,31,34)/t27-/m0/s1.